The Hall–Kier alpha value is -0.665. The quantitative estimate of drug-likeness (QED) is 0.526. The third kappa shape index (κ3) is 91.2. The minimum atomic E-state index is -1.61. The first kappa shape index (κ1) is 29.3. The highest BCUT2D eigenvalue weighted by molar-refractivity contribution is 6.36. The van der Waals surface area contributed by atoms with E-state index in [-0.39, 0.29) is 24.8 Å². The van der Waals surface area contributed by atoms with E-state index in [1.54, 1.807) is 0 Å². The normalized spacial score (nSPS) is 7.07. The molecule has 0 unspecified atom stereocenters. The summed E-state index contributed by atoms with van der Waals surface area (Å²) in [6.07, 6.45) is 1.04. The van der Waals surface area contributed by atoms with Crippen molar-refractivity contribution in [2.45, 2.75) is 33.5 Å². The number of hydrogen-bond acceptors (Lipinski definition) is 4. The second kappa shape index (κ2) is 19.0. The van der Waals surface area contributed by atoms with Crippen molar-refractivity contribution in [3.05, 3.63) is 0 Å². The molecule has 12 N–H and O–H groups in total. The Bertz CT molecular complexity index is 113. The van der Waals surface area contributed by atoms with Crippen LogP contribution in [0.3, 0.4) is 0 Å². The van der Waals surface area contributed by atoms with Gasteiger partial charge in [-0.1, -0.05) is 20.3 Å². The number of carbonyl (C=O) groups excluding carboxylic acids is 1. The first-order valence-corrected chi connectivity index (χ1v) is 3.85. The summed E-state index contributed by atoms with van der Waals surface area (Å²) in [7, 11) is -1.61. The molecule has 0 spiro atoms. The van der Waals surface area contributed by atoms with Gasteiger partial charge in [-0.15, -0.1) is 13.4 Å². The fourth-order valence-electron chi connectivity index (χ4n) is 0.469. The van der Waals surface area contributed by atoms with Gasteiger partial charge in [0.25, 0.3) is 0 Å². The second-order valence-corrected chi connectivity index (χ2v) is 2.89. The van der Waals surface area contributed by atoms with Crippen LogP contribution in [0.1, 0.15) is 27.2 Å². The highest BCUT2D eigenvalue weighted by Crippen LogP contribution is 2.02. The van der Waals surface area contributed by atoms with Crippen LogP contribution >= 0.6 is 0 Å². The predicted octanol–water partition coefficient (Wildman–Crippen LogP) is -0.874. The van der Waals surface area contributed by atoms with E-state index < -0.39 is 13.1 Å². The van der Waals surface area contributed by atoms with Crippen LogP contribution in [0.15, 0.2) is 0 Å². The van der Waals surface area contributed by atoms with E-state index in [1.165, 1.54) is 0 Å². The SMILES string of the molecule is CC(=O)[O-].CC(C)CCB([O-])[O-].[NH4+].[NH4+].[NH4+]. The lowest BCUT2D eigenvalue weighted by atomic mass is 9.82. The third-order valence-electron chi connectivity index (χ3n) is 0.980. The standard InChI is InChI=1S/C5H11BO2.C2H4O2.3H3N/c1-5(2)3-4-6(7)8;1-2(3)4;;;/h5H,3-4H2,1-2H3;1H3,(H,3,4);3*1H3/q-2;;;;/p+2. The predicted molar refractivity (Wildman–Crippen MR) is 58.7 cm³/mol. The number of quaternary nitrogens is 3. The van der Waals surface area contributed by atoms with Crippen LogP contribution in [0, 0.1) is 5.92 Å². The van der Waals surface area contributed by atoms with Crippen LogP contribution in [0.4, 0.5) is 0 Å². The summed E-state index contributed by atoms with van der Waals surface area (Å²) in [5.74, 6) is -0.597. The lowest BCUT2D eigenvalue weighted by molar-refractivity contribution is -0.348. The fourth-order valence-corrected chi connectivity index (χ4v) is 0.469. The van der Waals surface area contributed by atoms with E-state index in [9.17, 15) is 10.0 Å². The lowest BCUT2D eigenvalue weighted by Crippen LogP contribution is -2.44. The molecule has 0 amide bonds. The molecular formula is C7H26BN3O4. The van der Waals surface area contributed by atoms with Crippen LogP contribution in [0.5, 0.6) is 0 Å². The van der Waals surface area contributed by atoms with Gasteiger partial charge in [-0.25, -0.2) is 0 Å². The smallest absolute Gasteiger partial charge is 0.0383 e. The van der Waals surface area contributed by atoms with Gasteiger partial charge in [-0.05, 0) is 12.8 Å². The molecule has 0 fully saturated rings. The summed E-state index contributed by atoms with van der Waals surface area (Å²) in [5, 5.41) is 28.6. The van der Waals surface area contributed by atoms with Crippen molar-refractivity contribution in [1.29, 1.82) is 0 Å². The molecule has 0 bridgehead atoms. The molecule has 0 aliphatic heterocycles. The maximum absolute atomic E-state index is 9.88. The zero-order valence-electron chi connectivity index (χ0n) is 10.7. The van der Waals surface area contributed by atoms with Gasteiger partial charge in [0.1, 0.15) is 0 Å². The van der Waals surface area contributed by atoms with Crippen LogP contribution in [0.25, 0.3) is 0 Å². The molecule has 0 radical (unpaired) electrons. The van der Waals surface area contributed by atoms with Crippen LogP contribution in [-0.2, 0) is 4.79 Å². The minimum absolute atomic E-state index is 0. The number of carboxylic acids is 1. The summed E-state index contributed by atoms with van der Waals surface area (Å²) >= 11 is 0. The summed E-state index contributed by atoms with van der Waals surface area (Å²) in [5.41, 5.74) is 0. The molecular weight excluding hydrogens is 201 g/mol. The second-order valence-electron chi connectivity index (χ2n) is 2.89. The average Bonchev–Trinajstić information content (AvgIpc) is 1.82. The molecule has 0 aromatic carbocycles. The maximum Gasteiger partial charge on any atom is 0.0383 e. The molecule has 0 aliphatic rings. The molecule has 0 rings (SSSR count). The van der Waals surface area contributed by atoms with Gasteiger partial charge >= 0.3 is 0 Å². The fraction of sp³-hybridized carbons (Fsp3) is 0.857. The van der Waals surface area contributed by atoms with Crippen molar-refractivity contribution in [2.75, 3.05) is 0 Å². The molecule has 0 saturated heterocycles. The van der Waals surface area contributed by atoms with E-state index in [0.29, 0.717) is 5.92 Å². The average molecular weight is 227 g/mol. The zero-order valence-corrected chi connectivity index (χ0v) is 10.7. The highest BCUT2D eigenvalue weighted by atomic mass is 16.4. The van der Waals surface area contributed by atoms with Gasteiger partial charge < -0.3 is 38.4 Å². The van der Waals surface area contributed by atoms with Crippen molar-refractivity contribution < 1.29 is 19.9 Å². The number of carboxylic acid groups (broad SMARTS) is 1. The number of aliphatic carboxylic acids is 1. The Kier molecular flexibility index (Phi) is 37.0. The number of carbonyl (C=O) groups is 1. The highest BCUT2D eigenvalue weighted by Gasteiger charge is 1.88. The molecule has 0 atom stereocenters. The monoisotopic (exact) mass is 227 g/mol. The summed E-state index contributed by atoms with van der Waals surface area (Å²) in [6, 6.07) is 0. The topological polar surface area (TPSA) is 196 Å². The van der Waals surface area contributed by atoms with Gasteiger partial charge in [-0.2, -0.15) is 0 Å². The molecule has 0 saturated carbocycles. The van der Waals surface area contributed by atoms with E-state index in [2.05, 4.69) is 0 Å². The molecule has 15 heavy (non-hydrogen) atoms. The van der Waals surface area contributed by atoms with E-state index >= 15 is 0 Å². The third-order valence-corrected chi connectivity index (χ3v) is 0.980. The van der Waals surface area contributed by atoms with Crippen molar-refractivity contribution in [3.8, 4) is 0 Å². The maximum atomic E-state index is 9.88. The van der Waals surface area contributed by atoms with Gasteiger partial charge in [0, 0.05) is 5.97 Å². The van der Waals surface area contributed by atoms with Crippen LogP contribution in [0.2, 0.25) is 6.32 Å². The summed E-state index contributed by atoms with van der Waals surface area (Å²) < 4.78 is 0. The Labute approximate surface area is 91.8 Å². The van der Waals surface area contributed by atoms with E-state index in [4.69, 9.17) is 9.90 Å². The summed E-state index contributed by atoms with van der Waals surface area (Å²) in [6.45, 7) is 4.98. The van der Waals surface area contributed by atoms with Gasteiger partial charge in [-0.3, -0.25) is 0 Å². The first-order chi connectivity index (χ1) is 5.36. The molecule has 96 valence electrons. The zero-order chi connectivity index (χ0) is 10.1. The summed E-state index contributed by atoms with van der Waals surface area (Å²) in [4.78, 5) is 8.89. The van der Waals surface area contributed by atoms with Crippen molar-refractivity contribution in [1.82, 2.24) is 18.5 Å². The van der Waals surface area contributed by atoms with E-state index in [0.717, 1.165) is 13.3 Å². The molecule has 7 nitrogen and oxygen atoms in total. The van der Waals surface area contributed by atoms with Gasteiger partial charge in [0.05, 0.1) is 0 Å². The van der Waals surface area contributed by atoms with Crippen LogP contribution in [-0.4, -0.2) is 13.1 Å². The van der Waals surface area contributed by atoms with E-state index in [1.807, 2.05) is 13.8 Å². The molecule has 0 aromatic rings. The van der Waals surface area contributed by atoms with Crippen molar-refractivity contribution in [2.24, 2.45) is 5.92 Å². The molecule has 0 aromatic heterocycles. The Balaban J connectivity index is -0.0000000424. The molecule has 0 aliphatic carbocycles. The van der Waals surface area contributed by atoms with Gasteiger partial charge in [0.15, 0.2) is 0 Å². The lowest BCUT2D eigenvalue weighted by Gasteiger charge is -2.26. The Morgan fingerprint density at radius 2 is 1.47 bits per heavy atom. The van der Waals surface area contributed by atoms with Crippen molar-refractivity contribution >= 4 is 13.1 Å². The van der Waals surface area contributed by atoms with Crippen LogP contribution < -0.4 is 33.6 Å². The largest absolute Gasteiger partial charge is 0.893 e. The molecule has 0 heterocycles. The number of hydrogen-bond donors (Lipinski definition) is 3. The Morgan fingerprint density at radius 1 is 1.20 bits per heavy atom. The first-order valence-electron chi connectivity index (χ1n) is 3.85. The number of rotatable bonds is 3. The minimum Gasteiger partial charge on any atom is -0.893 e. The molecule has 8 heteroatoms. The van der Waals surface area contributed by atoms with Gasteiger partial charge in [0.2, 0.25) is 0 Å². The Morgan fingerprint density at radius 3 is 1.53 bits per heavy atom. The van der Waals surface area contributed by atoms with Crippen molar-refractivity contribution in [3.63, 3.8) is 0 Å².